The van der Waals surface area contributed by atoms with Crippen molar-refractivity contribution in [1.82, 2.24) is 10.2 Å². The molecule has 0 saturated heterocycles. The second kappa shape index (κ2) is 12.9. The van der Waals surface area contributed by atoms with Crippen molar-refractivity contribution in [3.8, 4) is 0 Å². The van der Waals surface area contributed by atoms with Crippen LogP contribution in [0, 0.1) is 17.8 Å². The summed E-state index contributed by atoms with van der Waals surface area (Å²) < 4.78 is 5.47. The maximum atomic E-state index is 13.5. The molecule has 0 fully saturated rings. The Morgan fingerprint density at radius 1 is 1.07 bits per heavy atom. The van der Waals surface area contributed by atoms with Gasteiger partial charge in [-0.25, -0.2) is 0 Å². The maximum absolute atomic E-state index is 13.5. The summed E-state index contributed by atoms with van der Waals surface area (Å²) in [5.41, 5.74) is 0. The quantitative estimate of drug-likeness (QED) is 0.399. The zero-order valence-electron chi connectivity index (χ0n) is 20.5. The van der Waals surface area contributed by atoms with E-state index in [1.807, 2.05) is 55.6 Å². The standard InChI is InChI=1S/C22H43N3O5/c1-11-15(6)20(16(30-10)12-17(26)27)25(9)22(29)18(13(2)3)23-21(28)19(14(4)5)24(7)8/h13-16,18-20H,11-12H2,1-10H3,(H,23,28)(H,26,27)/p+1/t15-,16+,18-,19-,20-/m0/s1. The molecular weight excluding hydrogens is 386 g/mol. The highest BCUT2D eigenvalue weighted by atomic mass is 16.5. The molecule has 0 bridgehead atoms. The predicted octanol–water partition coefficient (Wildman–Crippen LogP) is 0.659. The maximum Gasteiger partial charge on any atom is 0.306 e. The zero-order valence-corrected chi connectivity index (χ0v) is 20.5. The number of quaternary nitrogens is 1. The number of carbonyl (C=O) groups is 3. The van der Waals surface area contributed by atoms with Gasteiger partial charge in [0.05, 0.1) is 32.7 Å². The molecule has 8 nitrogen and oxygen atoms in total. The van der Waals surface area contributed by atoms with E-state index in [-0.39, 0.29) is 42.0 Å². The smallest absolute Gasteiger partial charge is 0.306 e. The van der Waals surface area contributed by atoms with Crippen LogP contribution < -0.4 is 10.2 Å². The summed E-state index contributed by atoms with van der Waals surface area (Å²) >= 11 is 0. The molecule has 0 aromatic heterocycles. The van der Waals surface area contributed by atoms with Crippen LogP contribution in [0.25, 0.3) is 0 Å². The van der Waals surface area contributed by atoms with Gasteiger partial charge in [-0.05, 0) is 11.8 Å². The average Bonchev–Trinajstić information content (AvgIpc) is 2.63. The number of methoxy groups -OCH3 is 1. The molecule has 30 heavy (non-hydrogen) atoms. The number of hydrogen-bond donors (Lipinski definition) is 3. The Morgan fingerprint density at radius 2 is 1.60 bits per heavy atom. The van der Waals surface area contributed by atoms with Crippen molar-refractivity contribution in [2.45, 2.75) is 78.6 Å². The van der Waals surface area contributed by atoms with Crippen molar-refractivity contribution in [3.05, 3.63) is 0 Å². The van der Waals surface area contributed by atoms with Crippen LogP contribution in [-0.2, 0) is 19.1 Å². The minimum Gasteiger partial charge on any atom is -0.481 e. The summed E-state index contributed by atoms with van der Waals surface area (Å²) in [5, 5.41) is 12.2. The Labute approximate surface area is 182 Å². The Morgan fingerprint density at radius 3 is 1.93 bits per heavy atom. The second-order valence-electron chi connectivity index (χ2n) is 9.23. The van der Waals surface area contributed by atoms with E-state index in [4.69, 9.17) is 4.74 Å². The van der Waals surface area contributed by atoms with Gasteiger partial charge in [0.1, 0.15) is 6.04 Å². The molecule has 176 valence electrons. The summed E-state index contributed by atoms with van der Waals surface area (Å²) in [7, 11) is 7.00. The molecule has 8 heteroatoms. The van der Waals surface area contributed by atoms with Crippen LogP contribution in [0.5, 0.6) is 0 Å². The summed E-state index contributed by atoms with van der Waals surface area (Å²) in [6.45, 7) is 11.8. The van der Waals surface area contributed by atoms with E-state index in [0.29, 0.717) is 0 Å². The number of carbonyl (C=O) groups excluding carboxylic acids is 2. The summed E-state index contributed by atoms with van der Waals surface area (Å²) in [6, 6.07) is -1.38. The van der Waals surface area contributed by atoms with Crippen molar-refractivity contribution in [1.29, 1.82) is 0 Å². The molecule has 5 atom stereocenters. The van der Waals surface area contributed by atoms with Crippen LogP contribution in [0.4, 0.5) is 0 Å². The topological polar surface area (TPSA) is 100 Å². The number of aliphatic carboxylic acids is 1. The highest BCUT2D eigenvalue weighted by molar-refractivity contribution is 5.89. The number of rotatable bonds is 13. The van der Waals surface area contributed by atoms with E-state index >= 15 is 0 Å². The van der Waals surface area contributed by atoms with E-state index < -0.39 is 24.2 Å². The minimum absolute atomic E-state index is 0.0291. The first-order valence-electron chi connectivity index (χ1n) is 10.9. The van der Waals surface area contributed by atoms with E-state index in [0.717, 1.165) is 11.3 Å². The van der Waals surface area contributed by atoms with Crippen LogP contribution in [0.1, 0.15) is 54.4 Å². The Hall–Kier alpha value is -1.67. The van der Waals surface area contributed by atoms with Gasteiger partial charge in [0.2, 0.25) is 5.91 Å². The molecule has 0 aliphatic heterocycles. The third-order valence-corrected chi connectivity index (χ3v) is 5.88. The SMILES string of the molecule is CC[C@H](C)[C@@H]([C@@H](CC(=O)O)OC)N(C)C(=O)[C@@H](NC(=O)[C@H](C(C)C)[NH+](C)C)C(C)C. The lowest BCUT2D eigenvalue weighted by atomic mass is 9.90. The zero-order chi connectivity index (χ0) is 23.8. The van der Waals surface area contributed by atoms with E-state index in [9.17, 15) is 19.5 Å². The normalized spacial score (nSPS) is 16.8. The van der Waals surface area contributed by atoms with Gasteiger partial charge in [0, 0.05) is 20.1 Å². The minimum atomic E-state index is -0.974. The number of nitrogens with zero attached hydrogens (tertiary/aromatic N) is 1. The highest BCUT2D eigenvalue weighted by Crippen LogP contribution is 2.23. The average molecular weight is 431 g/mol. The van der Waals surface area contributed by atoms with Crippen molar-refractivity contribution in [2.75, 3.05) is 28.3 Å². The molecule has 3 N–H and O–H groups in total. The number of ether oxygens (including phenoxy) is 1. The van der Waals surface area contributed by atoms with Gasteiger partial charge in [-0.15, -0.1) is 0 Å². The molecule has 2 amide bonds. The molecule has 0 heterocycles. The van der Waals surface area contributed by atoms with Gasteiger partial charge in [0.15, 0.2) is 6.04 Å². The number of likely N-dealkylation sites (N-methyl/N-ethyl adjacent to an activating group) is 2. The molecule has 0 aromatic carbocycles. The number of hydrogen-bond acceptors (Lipinski definition) is 4. The number of carboxylic acid groups (broad SMARTS) is 1. The van der Waals surface area contributed by atoms with Crippen molar-refractivity contribution in [3.63, 3.8) is 0 Å². The number of carboxylic acids is 1. The third kappa shape index (κ3) is 7.87. The lowest BCUT2D eigenvalue weighted by molar-refractivity contribution is -0.879. The molecular formula is C22H44N3O5+. The van der Waals surface area contributed by atoms with Crippen molar-refractivity contribution < 1.29 is 29.1 Å². The van der Waals surface area contributed by atoms with Crippen LogP contribution in [0.2, 0.25) is 0 Å². The molecule has 0 aliphatic rings. The molecule has 0 aliphatic carbocycles. The van der Waals surface area contributed by atoms with Gasteiger partial charge >= 0.3 is 5.97 Å². The molecule has 0 aromatic rings. The second-order valence-corrected chi connectivity index (χ2v) is 9.23. The molecule has 0 saturated carbocycles. The van der Waals surface area contributed by atoms with Gasteiger partial charge < -0.3 is 25.0 Å². The largest absolute Gasteiger partial charge is 0.481 e. The fourth-order valence-electron chi connectivity index (χ4n) is 4.11. The fourth-order valence-corrected chi connectivity index (χ4v) is 4.11. The Bertz CT molecular complexity index is 557. The van der Waals surface area contributed by atoms with Gasteiger partial charge in [-0.3, -0.25) is 14.4 Å². The van der Waals surface area contributed by atoms with Gasteiger partial charge in [-0.1, -0.05) is 48.0 Å². The first-order valence-corrected chi connectivity index (χ1v) is 10.9. The molecule has 0 unspecified atom stereocenters. The Balaban J connectivity index is 5.80. The van der Waals surface area contributed by atoms with Crippen LogP contribution in [0.15, 0.2) is 0 Å². The van der Waals surface area contributed by atoms with E-state index in [1.165, 1.54) is 7.11 Å². The monoisotopic (exact) mass is 430 g/mol. The summed E-state index contributed by atoms with van der Waals surface area (Å²) in [6.07, 6.45) is -0.0641. The molecule has 0 radical (unpaired) electrons. The number of nitrogens with one attached hydrogen (secondary N) is 2. The van der Waals surface area contributed by atoms with Crippen molar-refractivity contribution >= 4 is 17.8 Å². The van der Waals surface area contributed by atoms with Gasteiger partial charge in [0.25, 0.3) is 5.91 Å². The first kappa shape index (κ1) is 28.3. The molecule has 0 rings (SSSR count). The fraction of sp³-hybridized carbons (Fsp3) is 0.864. The molecule has 0 spiro atoms. The highest BCUT2D eigenvalue weighted by Gasteiger charge is 2.39. The lowest BCUT2D eigenvalue weighted by Gasteiger charge is -2.39. The van der Waals surface area contributed by atoms with E-state index in [1.54, 1.807) is 11.9 Å². The van der Waals surface area contributed by atoms with Crippen molar-refractivity contribution in [2.24, 2.45) is 17.8 Å². The van der Waals surface area contributed by atoms with Crippen LogP contribution in [-0.4, -0.2) is 80.3 Å². The first-order chi connectivity index (χ1) is 13.8. The Kier molecular flexibility index (Phi) is 12.2. The summed E-state index contributed by atoms with van der Waals surface area (Å²) in [4.78, 5) is 40.3. The predicted molar refractivity (Wildman–Crippen MR) is 117 cm³/mol. The van der Waals surface area contributed by atoms with Crippen LogP contribution in [0.3, 0.4) is 0 Å². The van der Waals surface area contributed by atoms with E-state index in [2.05, 4.69) is 5.32 Å². The lowest BCUT2D eigenvalue weighted by Crippen LogP contribution is -3.12. The number of amides is 2. The van der Waals surface area contributed by atoms with Gasteiger partial charge in [-0.2, -0.15) is 0 Å². The summed E-state index contributed by atoms with van der Waals surface area (Å²) in [5.74, 6) is -1.32. The third-order valence-electron chi connectivity index (χ3n) is 5.88. The van der Waals surface area contributed by atoms with Crippen LogP contribution >= 0.6 is 0 Å².